The summed E-state index contributed by atoms with van der Waals surface area (Å²) >= 11 is 0. The minimum Gasteiger partial charge on any atom is -0.435 e. The summed E-state index contributed by atoms with van der Waals surface area (Å²) < 4.78 is 28.5. The summed E-state index contributed by atoms with van der Waals surface area (Å²) in [6, 6.07) is 5.79. The lowest BCUT2D eigenvalue weighted by Crippen LogP contribution is -2.26. The third kappa shape index (κ3) is 5.15. The van der Waals surface area contributed by atoms with Gasteiger partial charge in [-0.15, -0.1) is 0 Å². The molecule has 0 radical (unpaired) electrons. The molecule has 114 valence electrons. The van der Waals surface area contributed by atoms with Gasteiger partial charge in [-0.3, -0.25) is 4.79 Å². The van der Waals surface area contributed by atoms with Crippen LogP contribution in [0.2, 0.25) is 0 Å². The first-order valence-electron chi connectivity index (χ1n) is 6.87. The summed E-state index contributed by atoms with van der Waals surface area (Å²) in [6.07, 6.45) is 3.93. The fourth-order valence-corrected chi connectivity index (χ4v) is 2.15. The van der Waals surface area contributed by atoms with E-state index < -0.39 is 6.61 Å². The molecule has 1 amide bonds. The topological polar surface area (TPSA) is 50.4 Å². The second kappa shape index (κ2) is 7.73. The lowest BCUT2D eigenvalue weighted by atomic mass is 10.1. The van der Waals surface area contributed by atoms with Crippen molar-refractivity contribution in [1.29, 1.82) is 0 Å². The maximum Gasteiger partial charge on any atom is 0.387 e. The van der Waals surface area contributed by atoms with Gasteiger partial charge >= 0.3 is 6.61 Å². The van der Waals surface area contributed by atoms with Gasteiger partial charge < -0.3 is 15.4 Å². The molecule has 4 nitrogen and oxygen atoms in total. The minimum atomic E-state index is -2.89. The number of carbonyl (C=O) groups is 1. The third-order valence-electron chi connectivity index (χ3n) is 3.21. The summed E-state index contributed by atoms with van der Waals surface area (Å²) in [7, 11) is 0. The first-order valence-corrected chi connectivity index (χ1v) is 6.87. The summed E-state index contributed by atoms with van der Waals surface area (Å²) in [5.74, 6) is -0.303. The molecule has 1 aromatic rings. The van der Waals surface area contributed by atoms with Crippen LogP contribution in [0.1, 0.15) is 23.2 Å². The smallest absolute Gasteiger partial charge is 0.387 e. The molecule has 1 heterocycles. The van der Waals surface area contributed by atoms with Crippen LogP contribution in [0, 0.1) is 0 Å². The Morgan fingerprint density at radius 1 is 1.43 bits per heavy atom. The highest BCUT2D eigenvalue weighted by atomic mass is 19.3. The van der Waals surface area contributed by atoms with Crippen LogP contribution in [0.4, 0.5) is 8.78 Å². The van der Waals surface area contributed by atoms with Gasteiger partial charge in [0.2, 0.25) is 0 Å². The van der Waals surface area contributed by atoms with Gasteiger partial charge in [0.15, 0.2) is 0 Å². The van der Waals surface area contributed by atoms with E-state index in [0.29, 0.717) is 12.1 Å². The van der Waals surface area contributed by atoms with E-state index in [1.165, 1.54) is 23.8 Å². The molecular formula is C15H18F2N2O2. The highest BCUT2D eigenvalue weighted by Gasteiger charge is 2.10. The van der Waals surface area contributed by atoms with Crippen LogP contribution >= 0.6 is 0 Å². The molecule has 0 aromatic heterocycles. The zero-order chi connectivity index (χ0) is 15.1. The number of ether oxygens (including phenoxy) is 1. The number of benzene rings is 1. The number of amides is 1. The Bertz CT molecular complexity index is 518. The zero-order valence-electron chi connectivity index (χ0n) is 11.6. The van der Waals surface area contributed by atoms with Crippen molar-refractivity contribution in [3.63, 3.8) is 0 Å². The van der Waals surface area contributed by atoms with Gasteiger partial charge in [-0.25, -0.2) is 0 Å². The molecule has 0 bridgehead atoms. The molecule has 1 aliphatic heterocycles. The Balaban J connectivity index is 1.83. The molecule has 0 atom stereocenters. The van der Waals surface area contributed by atoms with E-state index in [1.54, 1.807) is 6.07 Å². The maximum absolute atomic E-state index is 12.1. The van der Waals surface area contributed by atoms with Gasteiger partial charge in [-0.2, -0.15) is 8.78 Å². The highest BCUT2D eigenvalue weighted by molar-refractivity contribution is 5.94. The lowest BCUT2D eigenvalue weighted by molar-refractivity contribution is -0.0498. The normalized spacial score (nSPS) is 14.7. The van der Waals surface area contributed by atoms with E-state index in [4.69, 9.17) is 0 Å². The highest BCUT2D eigenvalue weighted by Crippen LogP contribution is 2.16. The molecule has 0 unspecified atom stereocenters. The number of rotatable bonds is 6. The second-order valence-electron chi connectivity index (χ2n) is 4.73. The van der Waals surface area contributed by atoms with Crippen molar-refractivity contribution in [2.45, 2.75) is 19.5 Å². The van der Waals surface area contributed by atoms with Crippen LogP contribution in [0.25, 0.3) is 0 Å². The van der Waals surface area contributed by atoms with E-state index >= 15 is 0 Å². The monoisotopic (exact) mass is 296 g/mol. The van der Waals surface area contributed by atoms with Gasteiger partial charge in [0, 0.05) is 18.7 Å². The van der Waals surface area contributed by atoms with Crippen LogP contribution < -0.4 is 15.4 Å². The van der Waals surface area contributed by atoms with Gasteiger partial charge in [-0.1, -0.05) is 17.7 Å². The van der Waals surface area contributed by atoms with Crippen LogP contribution in [0.5, 0.6) is 5.75 Å². The molecule has 0 spiro atoms. The van der Waals surface area contributed by atoms with E-state index in [1.807, 2.05) is 0 Å². The molecule has 0 aliphatic carbocycles. The lowest BCUT2D eigenvalue weighted by Gasteiger charge is -2.14. The minimum absolute atomic E-state index is 0.0151. The maximum atomic E-state index is 12.1. The number of hydrogen-bond acceptors (Lipinski definition) is 3. The predicted molar refractivity (Wildman–Crippen MR) is 75.6 cm³/mol. The molecule has 2 rings (SSSR count). The van der Waals surface area contributed by atoms with Crippen LogP contribution in [0.15, 0.2) is 35.9 Å². The Kier molecular flexibility index (Phi) is 5.68. The number of hydrogen-bond donors (Lipinski definition) is 2. The average Bonchev–Trinajstić information content (AvgIpc) is 2.48. The van der Waals surface area contributed by atoms with Gasteiger partial charge in [0.05, 0.1) is 0 Å². The van der Waals surface area contributed by atoms with Crippen molar-refractivity contribution in [3.8, 4) is 5.75 Å². The van der Waals surface area contributed by atoms with Crippen molar-refractivity contribution < 1.29 is 18.3 Å². The first kappa shape index (κ1) is 15.4. The molecule has 0 saturated heterocycles. The van der Waals surface area contributed by atoms with E-state index in [-0.39, 0.29) is 11.7 Å². The second-order valence-corrected chi connectivity index (χ2v) is 4.73. The Morgan fingerprint density at radius 3 is 3.00 bits per heavy atom. The summed E-state index contributed by atoms with van der Waals surface area (Å²) in [5.41, 5.74) is 1.64. The van der Waals surface area contributed by atoms with E-state index in [9.17, 15) is 13.6 Å². The van der Waals surface area contributed by atoms with Crippen molar-refractivity contribution in [2.24, 2.45) is 0 Å². The molecule has 1 aliphatic rings. The fraction of sp³-hybridized carbons (Fsp3) is 0.400. The van der Waals surface area contributed by atoms with Crippen LogP contribution in [-0.2, 0) is 0 Å². The SMILES string of the molecule is O=C(NCCC1=CCNCC1)c1cccc(OC(F)F)c1. The largest absolute Gasteiger partial charge is 0.435 e. The van der Waals surface area contributed by atoms with E-state index in [2.05, 4.69) is 21.4 Å². The molecular weight excluding hydrogens is 278 g/mol. The third-order valence-corrected chi connectivity index (χ3v) is 3.21. The van der Waals surface area contributed by atoms with Crippen LogP contribution in [0.3, 0.4) is 0 Å². The first-order chi connectivity index (χ1) is 10.1. The van der Waals surface area contributed by atoms with Crippen LogP contribution in [-0.4, -0.2) is 32.2 Å². The molecule has 2 N–H and O–H groups in total. The Morgan fingerprint density at radius 2 is 2.29 bits per heavy atom. The standard InChI is InChI=1S/C15H18F2N2O2/c16-15(17)21-13-3-1-2-12(10-13)14(20)19-9-6-11-4-7-18-8-5-11/h1-4,10,15,18H,5-9H2,(H,19,20). The molecule has 0 fully saturated rings. The predicted octanol–water partition coefficient (Wildman–Crippen LogP) is 2.33. The number of halogens is 2. The Hall–Kier alpha value is -1.95. The number of alkyl halides is 2. The van der Waals surface area contributed by atoms with Crippen molar-refractivity contribution >= 4 is 5.91 Å². The number of carbonyl (C=O) groups excluding carboxylic acids is 1. The molecule has 21 heavy (non-hydrogen) atoms. The molecule has 0 saturated carbocycles. The summed E-state index contributed by atoms with van der Waals surface area (Å²) in [5, 5.41) is 6.01. The molecule has 6 heteroatoms. The summed E-state index contributed by atoms with van der Waals surface area (Å²) in [6.45, 7) is -0.525. The van der Waals surface area contributed by atoms with Gasteiger partial charge in [0.1, 0.15) is 5.75 Å². The average molecular weight is 296 g/mol. The van der Waals surface area contributed by atoms with Crippen molar-refractivity contribution in [3.05, 3.63) is 41.5 Å². The van der Waals surface area contributed by atoms with Gasteiger partial charge in [0.25, 0.3) is 5.91 Å². The zero-order valence-corrected chi connectivity index (χ0v) is 11.6. The molecule has 1 aromatic carbocycles. The van der Waals surface area contributed by atoms with Crippen molar-refractivity contribution in [2.75, 3.05) is 19.6 Å². The number of nitrogens with one attached hydrogen (secondary N) is 2. The summed E-state index contributed by atoms with van der Waals surface area (Å²) in [4.78, 5) is 11.9. The van der Waals surface area contributed by atoms with Gasteiger partial charge in [-0.05, 0) is 37.6 Å². The van der Waals surface area contributed by atoms with E-state index in [0.717, 1.165) is 25.9 Å². The quantitative estimate of drug-likeness (QED) is 0.792. The van der Waals surface area contributed by atoms with Crippen molar-refractivity contribution in [1.82, 2.24) is 10.6 Å². The fourth-order valence-electron chi connectivity index (χ4n) is 2.15. The Labute approximate surface area is 122 Å².